The maximum atomic E-state index is 13.2. The molecule has 3 heteroatoms. The molecular formula is C14H10ClFO. The number of halogens is 2. The van der Waals surface area contributed by atoms with Gasteiger partial charge in [0.1, 0.15) is 5.82 Å². The highest BCUT2D eigenvalue weighted by Gasteiger charge is 2.09. The largest absolute Gasteiger partial charge is 0.298 e. The van der Waals surface area contributed by atoms with Crippen molar-refractivity contribution in [1.82, 2.24) is 0 Å². The van der Waals surface area contributed by atoms with Crippen molar-refractivity contribution in [1.29, 1.82) is 0 Å². The van der Waals surface area contributed by atoms with Crippen LogP contribution in [0.3, 0.4) is 0 Å². The first-order chi connectivity index (χ1) is 8.11. The topological polar surface area (TPSA) is 17.1 Å². The lowest BCUT2D eigenvalue weighted by molar-refractivity contribution is 0.112. The second-order valence-corrected chi connectivity index (χ2v) is 4.25. The van der Waals surface area contributed by atoms with E-state index in [2.05, 4.69) is 0 Å². The SMILES string of the molecule is Cc1ccc(F)cc1-c1cc(Cl)ccc1C=O. The third-order valence-corrected chi connectivity index (χ3v) is 2.87. The Bertz CT molecular complexity index is 578. The van der Waals surface area contributed by atoms with E-state index in [1.54, 1.807) is 24.3 Å². The van der Waals surface area contributed by atoms with Crippen LogP contribution in [0.1, 0.15) is 15.9 Å². The van der Waals surface area contributed by atoms with E-state index in [9.17, 15) is 9.18 Å². The van der Waals surface area contributed by atoms with Crippen molar-refractivity contribution in [2.24, 2.45) is 0 Å². The Balaban J connectivity index is 2.70. The normalized spacial score (nSPS) is 10.3. The number of rotatable bonds is 2. The summed E-state index contributed by atoms with van der Waals surface area (Å²) in [6, 6.07) is 9.43. The molecule has 2 aromatic rings. The van der Waals surface area contributed by atoms with Gasteiger partial charge in [0.2, 0.25) is 0 Å². The van der Waals surface area contributed by atoms with Gasteiger partial charge in [-0.1, -0.05) is 17.7 Å². The van der Waals surface area contributed by atoms with E-state index < -0.39 is 0 Å². The minimum absolute atomic E-state index is 0.331. The van der Waals surface area contributed by atoms with Crippen LogP contribution in [0.25, 0.3) is 11.1 Å². The molecule has 0 radical (unpaired) electrons. The highest BCUT2D eigenvalue weighted by atomic mass is 35.5. The number of aryl methyl sites for hydroxylation is 1. The van der Waals surface area contributed by atoms with Gasteiger partial charge in [-0.05, 0) is 53.9 Å². The summed E-state index contributed by atoms with van der Waals surface area (Å²) in [5.41, 5.74) is 2.75. The molecule has 0 heterocycles. The van der Waals surface area contributed by atoms with Crippen molar-refractivity contribution in [3.8, 4) is 11.1 Å². The van der Waals surface area contributed by atoms with Crippen molar-refractivity contribution in [3.05, 3.63) is 58.4 Å². The van der Waals surface area contributed by atoms with Gasteiger partial charge in [0.05, 0.1) is 0 Å². The number of aldehydes is 1. The molecule has 0 fully saturated rings. The van der Waals surface area contributed by atoms with Gasteiger partial charge in [-0.25, -0.2) is 4.39 Å². The lowest BCUT2D eigenvalue weighted by atomic mass is 9.96. The second-order valence-electron chi connectivity index (χ2n) is 3.81. The Morgan fingerprint density at radius 3 is 2.59 bits per heavy atom. The molecule has 0 aliphatic rings. The van der Waals surface area contributed by atoms with Crippen LogP contribution in [0.2, 0.25) is 5.02 Å². The molecular weight excluding hydrogens is 239 g/mol. The molecule has 1 nitrogen and oxygen atoms in total. The molecule has 0 saturated heterocycles. The Morgan fingerprint density at radius 2 is 1.88 bits per heavy atom. The maximum absolute atomic E-state index is 13.2. The van der Waals surface area contributed by atoms with Crippen molar-refractivity contribution < 1.29 is 9.18 Å². The predicted octanol–water partition coefficient (Wildman–Crippen LogP) is 4.27. The fraction of sp³-hybridized carbons (Fsp3) is 0.0714. The summed E-state index contributed by atoms with van der Waals surface area (Å²) in [7, 11) is 0. The van der Waals surface area contributed by atoms with E-state index in [-0.39, 0.29) is 5.82 Å². The zero-order chi connectivity index (χ0) is 12.4. The average Bonchev–Trinajstić information content (AvgIpc) is 2.32. The first-order valence-electron chi connectivity index (χ1n) is 5.13. The third kappa shape index (κ3) is 2.37. The lowest BCUT2D eigenvalue weighted by Crippen LogP contribution is -1.91. The molecule has 0 aliphatic carbocycles. The molecule has 0 saturated carbocycles. The Morgan fingerprint density at radius 1 is 1.12 bits per heavy atom. The highest BCUT2D eigenvalue weighted by molar-refractivity contribution is 6.31. The molecule has 0 bridgehead atoms. The number of carbonyl (C=O) groups excluding carboxylic acids is 1. The van der Waals surface area contributed by atoms with Gasteiger partial charge in [-0.3, -0.25) is 4.79 Å². The van der Waals surface area contributed by atoms with E-state index in [4.69, 9.17) is 11.6 Å². The summed E-state index contributed by atoms with van der Waals surface area (Å²) in [5, 5.41) is 0.522. The van der Waals surface area contributed by atoms with Crippen LogP contribution in [0.5, 0.6) is 0 Å². The molecule has 0 atom stereocenters. The highest BCUT2D eigenvalue weighted by Crippen LogP contribution is 2.29. The van der Waals surface area contributed by atoms with E-state index in [1.165, 1.54) is 12.1 Å². The van der Waals surface area contributed by atoms with Gasteiger partial charge < -0.3 is 0 Å². The van der Waals surface area contributed by atoms with Gasteiger partial charge in [0.25, 0.3) is 0 Å². The standard InChI is InChI=1S/C14H10ClFO/c1-9-2-5-12(16)7-13(9)14-6-11(15)4-3-10(14)8-17/h2-8H,1H3. The number of benzene rings is 2. The van der Waals surface area contributed by atoms with E-state index in [1.807, 2.05) is 6.92 Å². The Labute approximate surface area is 104 Å². The number of hydrogen-bond acceptors (Lipinski definition) is 1. The molecule has 86 valence electrons. The summed E-state index contributed by atoms with van der Waals surface area (Å²) in [4.78, 5) is 11.0. The van der Waals surface area contributed by atoms with Gasteiger partial charge in [-0.15, -0.1) is 0 Å². The molecule has 2 aromatic carbocycles. The Kier molecular flexibility index (Phi) is 3.25. The minimum Gasteiger partial charge on any atom is -0.298 e. The predicted molar refractivity (Wildman–Crippen MR) is 67.0 cm³/mol. The quantitative estimate of drug-likeness (QED) is 0.726. The van der Waals surface area contributed by atoms with Crippen LogP contribution in [-0.2, 0) is 0 Å². The van der Waals surface area contributed by atoms with Crippen LogP contribution in [0.4, 0.5) is 4.39 Å². The monoisotopic (exact) mass is 248 g/mol. The molecule has 0 spiro atoms. The van der Waals surface area contributed by atoms with Crippen molar-refractivity contribution in [2.45, 2.75) is 6.92 Å². The minimum atomic E-state index is -0.331. The van der Waals surface area contributed by atoms with E-state index in [0.717, 1.165) is 11.8 Å². The maximum Gasteiger partial charge on any atom is 0.150 e. The Hall–Kier alpha value is -1.67. The molecule has 0 aromatic heterocycles. The van der Waals surface area contributed by atoms with Gasteiger partial charge in [0.15, 0.2) is 6.29 Å². The second kappa shape index (κ2) is 4.68. The van der Waals surface area contributed by atoms with Gasteiger partial charge in [-0.2, -0.15) is 0 Å². The fourth-order valence-electron chi connectivity index (χ4n) is 1.75. The van der Waals surface area contributed by atoms with Gasteiger partial charge >= 0.3 is 0 Å². The van der Waals surface area contributed by atoms with Crippen LogP contribution >= 0.6 is 11.6 Å². The zero-order valence-corrected chi connectivity index (χ0v) is 9.96. The average molecular weight is 249 g/mol. The molecule has 0 aliphatic heterocycles. The first-order valence-corrected chi connectivity index (χ1v) is 5.51. The summed E-state index contributed by atoms with van der Waals surface area (Å²) in [6.45, 7) is 1.87. The summed E-state index contributed by atoms with van der Waals surface area (Å²) in [5.74, 6) is -0.331. The van der Waals surface area contributed by atoms with Crippen LogP contribution < -0.4 is 0 Å². The molecule has 0 amide bonds. The smallest absolute Gasteiger partial charge is 0.150 e. The first kappa shape index (κ1) is 11.8. The molecule has 0 N–H and O–H groups in total. The van der Waals surface area contributed by atoms with Gasteiger partial charge in [0, 0.05) is 10.6 Å². The molecule has 2 rings (SSSR count). The van der Waals surface area contributed by atoms with Crippen LogP contribution in [0, 0.1) is 12.7 Å². The van der Waals surface area contributed by atoms with Crippen molar-refractivity contribution in [2.75, 3.05) is 0 Å². The summed E-state index contributed by atoms with van der Waals surface area (Å²) < 4.78 is 13.2. The molecule has 17 heavy (non-hydrogen) atoms. The zero-order valence-electron chi connectivity index (χ0n) is 9.21. The number of hydrogen-bond donors (Lipinski definition) is 0. The number of carbonyl (C=O) groups is 1. The molecule has 0 unspecified atom stereocenters. The van der Waals surface area contributed by atoms with Crippen LogP contribution in [0.15, 0.2) is 36.4 Å². The van der Waals surface area contributed by atoms with Crippen molar-refractivity contribution >= 4 is 17.9 Å². The summed E-state index contributed by atoms with van der Waals surface area (Å²) in [6.07, 6.45) is 0.746. The van der Waals surface area contributed by atoms with Crippen LogP contribution in [-0.4, -0.2) is 6.29 Å². The third-order valence-electron chi connectivity index (χ3n) is 2.63. The van der Waals surface area contributed by atoms with E-state index >= 15 is 0 Å². The van der Waals surface area contributed by atoms with Crippen molar-refractivity contribution in [3.63, 3.8) is 0 Å². The van der Waals surface area contributed by atoms with E-state index in [0.29, 0.717) is 21.7 Å². The lowest BCUT2D eigenvalue weighted by Gasteiger charge is -2.09. The summed E-state index contributed by atoms with van der Waals surface area (Å²) >= 11 is 5.91. The fourth-order valence-corrected chi connectivity index (χ4v) is 1.92.